The molecule has 5 aliphatic rings. The number of unbranched alkanes of at least 4 members (excludes halogenated alkanes) is 18. The average Bonchev–Trinajstić information content (AvgIpc) is 3.54. The highest BCUT2D eigenvalue weighted by atomic mass is 16.7. The number of hydrogen-bond acceptors (Lipinski definition) is 10. The van der Waals surface area contributed by atoms with Crippen molar-refractivity contribution in [3.8, 4) is 0 Å². The third-order valence-electron chi connectivity index (χ3n) is 13.6. The molecule has 10 heteroatoms. The summed E-state index contributed by atoms with van der Waals surface area (Å²) in [6.45, 7) is 2.60. The quantitative estimate of drug-likeness (QED) is 0.0273. The fraction of sp³-hybridized carbons (Fsp3) is 0.957. The Balaban J connectivity index is 1.16. The first-order valence-electron chi connectivity index (χ1n) is 23.6. The zero-order valence-corrected chi connectivity index (χ0v) is 35.3. The van der Waals surface area contributed by atoms with Crippen molar-refractivity contribution in [1.29, 1.82) is 0 Å². The molecule has 0 aromatic carbocycles. The molecule has 0 aromatic heterocycles. The van der Waals surface area contributed by atoms with E-state index in [0.29, 0.717) is 19.6 Å². The van der Waals surface area contributed by atoms with Crippen molar-refractivity contribution >= 4 is 0 Å². The first-order chi connectivity index (χ1) is 27.3. The lowest BCUT2D eigenvalue weighted by atomic mass is 9.78. The van der Waals surface area contributed by atoms with E-state index < -0.39 is 55.6 Å². The summed E-state index contributed by atoms with van der Waals surface area (Å²) in [6.07, 6.45) is 29.0. The number of nitrogens with one attached hydrogen (secondary N) is 1. The predicted octanol–water partition coefficient (Wildman–Crippen LogP) is 7.24. The molecule has 328 valence electrons. The van der Waals surface area contributed by atoms with E-state index in [1.165, 1.54) is 128 Å². The van der Waals surface area contributed by atoms with Gasteiger partial charge in [0.15, 0.2) is 6.29 Å². The molecular weight excluding hydrogens is 711 g/mol. The van der Waals surface area contributed by atoms with Crippen LogP contribution in [0.25, 0.3) is 0 Å². The van der Waals surface area contributed by atoms with E-state index in [1.807, 2.05) is 0 Å². The van der Waals surface area contributed by atoms with Gasteiger partial charge in [0, 0.05) is 0 Å². The summed E-state index contributed by atoms with van der Waals surface area (Å²) in [4.78, 5) is 0. The van der Waals surface area contributed by atoms with E-state index >= 15 is 0 Å². The number of aliphatic hydroxyl groups is 6. The highest BCUT2D eigenvalue weighted by molar-refractivity contribution is 5.04. The van der Waals surface area contributed by atoms with Crippen molar-refractivity contribution in [2.24, 2.45) is 17.8 Å². The Labute approximate surface area is 340 Å². The van der Waals surface area contributed by atoms with Crippen molar-refractivity contribution in [2.45, 2.75) is 235 Å². The fourth-order valence-corrected chi connectivity index (χ4v) is 9.83. The number of hydrogen-bond donors (Lipinski definition) is 7. The van der Waals surface area contributed by atoms with Crippen molar-refractivity contribution in [3.63, 3.8) is 0 Å². The van der Waals surface area contributed by atoms with Gasteiger partial charge in [0.05, 0.1) is 50.2 Å². The maximum atomic E-state index is 11.5. The minimum absolute atomic E-state index is 0.111. The lowest BCUT2D eigenvalue weighted by Gasteiger charge is -2.46. The van der Waals surface area contributed by atoms with Gasteiger partial charge < -0.3 is 44.8 Å². The zero-order chi connectivity index (χ0) is 40.0. The molecular formula is C46H85NO9. The first-order valence-corrected chi connectivity index (χ1v) is 23.6. The third kappa shape index (κ3) is 16.4. The van der Waals surface area contributed by atoms with Gasteiger partial charge in [-0.3, -0.25) is 5.32 Å². The van der Waals surface area contributed by atoms with Crippen molar-refractivity contribution in [2.75, 3.05) is 26.4 Å². The SMILES string of the molecule is CCCCCCCCCCCCCC[C@@H](O)[C@@H](O)[C@H](COC1OC(CO)C(O)C(O)C1O)NC1(CCCCCCCCCC[C@H]2C[C@H]3C=C[C@@H]2CCC3)COC1. The summed E-state index contributed by atoms with van der Waals surface area (Å²) in [5.74, 6) is 2.61. The van der Waals surface area contributed by atoms with Crippen LogP contribution in [0, 0.1) is 17.8 Å². The van der Waals surface area contributed by atoms with Gasteiger partial charge in [-0.15, -0.1) is 0 Å². The maximum Gasteiger partial charge on any atom is 0.186 e. The van der Waals surface area contributed by atoms with Crippen LogP contribution in [0.3, 0.4) is 0 Å². The van der Waals surface area contributed by atoms with Crippen LogP contribution in [0.15, 0.2) is 12.2 Å². The monoisotopic (exact) mass is 796 g/mol. The van der Waals surface area contributed by atoms with Crippen molar-refractivity contribution < 1.29 is 44.8 Å². The summed E-state index contributed by atoms with van der Waals surface area (Å²) < 4.78 is 17.2. The van der Waals surface area contributed by atoms with Gasteiger partial charge in [0.25, 0.3) is 0 Å². The van der Waals surface area contributed by atoms with E-state index in [-0.39, 0.29) is 12.1 Å². The summed E-state index contributed by atoms with van der Waals surface area (Å²) >= 11 is 0. The van der Waals surface area contributed by atoms with Crippen LogP contribution >= 0.6 is 0 Å². The lowest BCUT2D eigenvalue weighted by Crippen LogP contribution is -2.67. The summed E-state index contributed by atoms with van der Waals surface area (Å²) in [7, 11) is 0. The number of fused-ring (bicyclic) bond motifs is 3. The normalized spacial score (nSPS) is 30.2. The minimum atomic E-state index is -1.55. The molecule has 5 rings (SSSR count). The standard InChI is InChI=1S/C46H85NO9/c1-2-3-4-5-6-7-8-9-10-14-17-20-26-39(49)41(50)38(32-55-45-44(53)43(52)42(51)40(31-48)56-45)47-46(33-54-34-46)29-21-18-15-12-11-13-16-19-24-37-30-35-23-22-25-36(37)28-27-35/h27-28,35-45,47-53H,2-26,29-34H2,1H3/t35-,36+,37+,38+,39-,40?,41+,42?,43?,44?,45?/m1/s1. The molecule has 3 fully saturated rings. The molecule has 0 radical (unpaired) electrons. The first kappa shape index (κ1) is 48.0. The summed E-state index contributed by atoms with van der Waals surface area (Å²) in [5.41, 5.74) is -0.354. The van der Waals surface area contributed by atoms with E-state index in [4.69, 9.17) is 14.2 Å². The van der Waals surface area contributed by atoms with E-state index in [1.54, 1.807) is 0 Å². The smallest absolute Gasteiger partial charge is 0.186 e. The topological polar surface area (TPSA) is 161 Å². The van der Waals surface area contributed by atoms with Gasteiger partial charge in [-0.2, -0.15) is 0 Å². The molecule has 2 aliphatic heterocycles. The fourth-order valence-electron chi connectivity index (χ4n) is 9.83. The molecule has 56 heavy (non-hydrogen) atoms. The van der Waals surface area contributed by atoms with Crippen LogP contribution in [0.5, 0.6) is 0 Å². The second kappa shape index (κ2) is 27.2. The molecule has 3 aliphatic carbocycles. The predicted molar refractivity (Wildman–Crippen MR) is 222 cm³/mol. The molecule has 10 nitrogen and oxygen atoms in total. The maximum absolute atomic E-state index is 11.5. The van der Waals surface area contributed by atoms with Crippen LogP contribution in [-0.4, -0.2) is 112 Å². The lowest BCUT2D eigenvalue weighted by molar-refractivity contribution is -0.303. The Morgan fingerprint density at radius 2 is 1.34 bits per heavy atom. The van der Waals surface area contributed by atoms with Crippen LogP contribution < -0.4 is 5.32 Å². The Kier molecular flexibility index (Phi) is 23.4. The van der Waals surface area contributed by atoms with Crippen molar-refractivity contribution in [1.82, 2.24) is 5.32 Å². The number of allylic oxidation sites excluding steroid dienone is 2. The summed E-state index contributed by atoms with van der Waals surface area (Å²) in [6, 6.07) is -0.692. The molecule has 1 saturated carbocycles. The highest BCUT2D eigenvalue weighted by Crippen LogP contribution is 2.41. The van der Waals surface area contributed by atoms with Gasteiger partial charge in [0.1, 0.15) is 24.4 Å². The molecule has 2 bridgehead atoms. The second-order valence-corrected chi connectivity index (χ2v) is 18.4. The summed E-state index contributed by atoms with van der Waals surface area (Å²) in [5, 5.41) is 67.0. The highest BCUT2D eigenvalue weighted by Gasteiger charge is 2.46. The molecule has 7 N–H and O–H groups in total. The Hall–Kier alpha value is -0.660. The largest absolute Gasteiger partial charge is 0.394 e. The number of ether oxygens (including phenoxy) is 3. The number of rotatable bonds is 32. The van der Waals surface area contributed by atoms with Crippen LogP contribution in [0.4, 0.5) is 0 Å². The van der Waals surface area contributed by atoms with Gasteiger partial charge in [-0.05, 0) is 56.3 Å². The number of aliphatic hydroxyl groups excluding tert-OH is 6. The molecule has 2 saturated heterocycles. The Bertz CT molecular complexity index is 1030. The van der Waals surface area contributed by atoms with Crippen molar-refractivity contribution in [3.05, 3.63) is 12.2 Å². The molecule has 2 heterocycles. The molecule has 0 aromatic rings. The van der Waals surface area contributed by atoms with E-state index in [2.05, 4.69) is 24.4 Å². The van der Waals surface area contributed by atoms with Gasteiger partial charge >= 0.3 is 0 Å². The molecule has 11 atom stereocenters. The zero-order valence-electron chi connectivity index (χ0n) is 35.3. The van der Waals surface area contributed by atoms with Crippen LogP contribution in [-0.2, 0) is 14.2 Å². The van der Waals surface area contributed by atoms with E-state index in [9.17, 15) is 30.6 Å². The third-order valence-corrected chi connectivity index (χ3v) is 13.6. The molecule has 0 amide bonds. The van der Waals surface area contributed by atoms with Crippen LogP contribution in [0.1, 0.15) is 180 Å². The molecule has 5 unspecified atom stereocenters. The van der Waals surface area contributed by atoms with Gasteiger partial charge in [-0.25, -0.2) is 0 Å². The van der Waals surface area contributed by atoms with Gasteiger partial charge in [-0.1, -0.05) is 154 Å². The van der Waals surface area contributed by atoms with Crippen LogP contribution in [0.2, 0.25) is 0 Å². The Morgan fingerprint density at radius 3 is 1.95 bits per heavy atom. The minimum Gasteiger partial charge on any atom is -0.394 e. The Morgan fingerprint density at radius 1 is 0.732 bits per heavy atom. The second-order valence-electron chi connectivity index (χ2n) is 18.4. The molecule has 0 spiro atoms. The van der Waals surface area contributed by atoms with E-state index in [0.717, 1.165) is 56.3 Å². The van der Waals surface area contributed by atoms with Gasteiger partial charge in [0.2, 0.25) is 0 Å². The average molecular weight is 796 g/mol.